The standard InChI is InChI=1S/C12H15Br/c1-12(2)7-9-5-3-4-6-10(9)11(13)8-12/h3-6,11H,7-8H2,1-2H3. The van der Waals surface area contributed by atoms with Crippen molar-refractivity contribution in [2.45, 2.75) is 31.5 Å². The van der Waals surface area contributed by atoms with Gasteiger partial charge in [0.25, 0.3) is 0 Å². The zero-order valence-electron chi connectivity index (χ0n) is 8.18. The monoisotopic (exact) mass is 238 g/mol. The quantitative estimate of drug-likeness (QED) is 0.598. The number of hydrogen-bond donors (Lipinski definition) is 0. The second-order valence-electron chi connectivity index (χ2n) is 4.71. The molecule has 0 nitrogen and oxygen atoms in total. The summed E-state index contributed by atoms with van der Waals surface area (Å²) in [7, 11) is 0. The van der Waals surface area contributed by atoms with Crippen LogP contribution >= 0.6 is 15.9 Å². The molecule has 1 atom stereocenters. The SMILES string of the molecule is CC1(C)Cc2ccccc2C(Br)C1. The van der Waals surface area contributed by atoms with Gasteiger partial charge in [-0.2, -0.15) is 0 Å². The summed E-state index contributed by atoms with van der Waals surface area (Å²) in [5.41, 5.74) is 3.45. The lowest BCUT2D eigenvalue weighted by Gasteiger charge is -2.34. The van der Waals surface area contributed by atoms with Crippen molar-refractivity contribution < 1.29 is 0 Å². The molecule has 0 saturated carbocycles. The van der Waals surface area contributed by atoms with Crippen molar-refractivity contribution >= 4 is 15.9 Å². The summed E-state index contributed by atoms with van der Waals surface area (Å²) >= 11 is 3.76. The van der Waals surface area contributed by atoms with Crippen LogP contribution in [0.15, 0.2) is 24.3 Å². The van der Waals surface area contributed by atoms with Gasteiger partial charge in [0, 0.05) is 4.83 Å². The third kappa shape index (κ3) is 1.80. The van der Waals surface area contributed by atoms with Gasteiger partial charge in [-0.05, 0) is 29.4 Å². The minimum Gasteiger partial charge on any atom is -0.0838 e. The summed E-state index contributed by atoms with van der Waals surface area (Å²) in [6.45, 7) is 4.69. The van der Waals surface area contributed by atoms with E-state index in [1.165, 1.54) is 24.0 Å². The number of rotatable bonds is 0. The first-order valence-corrected chi connectivity index (χ1v) is 5.72. The van der Waals surface area contributed by atoms with Gasteiger partial charge in [-0.3, -0.25) is 0 Å². The fourth-order valence-corrected chi connectivity index (χ4v) is 3.51. The van der Waals surface area contributed by atoms with E-state index in [-0.39, 0.29) is 0 Å². The molecule has 0 saturated heterocycles. The largest absolute Gasteiger partial charge is 0.0838 e. The van der Waals surface area contributed by atoms with Crippen molar-refractivity contribution in [3.8, 4) is 0 Å². The Labute approximate surface area is 88.5 Å². The summed E-state index contributed by atoms with van der Waals surface area (Å²) in [4.78, 5) is 0.549. The molecule has 1 heteroatoms. The average Bonchev–Trinajstić information content (AvgIpc) is 2.02. The Morgan fingerprint density at radius 3 is 2.77 bits per heavy atom. The zero-order chi connectivity index (χ0) is 9.47. The van der Waals surface area contributed by atoms with Crippen molar-refractivity contribution in [3.05, 3.63) is 35.4 Å². The molecule has 13 heavy (non-hydrogen) atoms. The molecular weight excluding hydrogens is 224 g/mol. The highest BCUT2D eigenvalue weighted by molar-refractivity contribution is 9.09. The molecule has 0 radical (unpaired) electrons. The molecular formula is C12H15Br. The van der Waals surface area contributed by atoms with Gasteiger partial charge in [0.1, 0.15) is 0 Å². The number of halogens is 1. The van der Waals surface area contributed by atoms with Gasteiger partial charge < -0.3 is 0 Å². The molecule has 70 valence electrons. The highest BCUT2D eigenvalue weighted by Gasteiger charge is 2.30. The van der Waals surface area contributed by atoms with E-state index >= 15 is 0 Å². The van der Waals surface area contributed by atoms with E-state index in [0.29, 0.717) is 10.2 Å². The van der Waals surface area contributed by atoms with E-state index in [4.69, 9.17) is 0 Å². The molecule has 0 amide bonds. The second-order valence-corrected chi connectivity index (χ2v) is 5.82. The molecule has 1 aliphatic rings. The van der Waals surface area contributed by atoms with Crippen molar-refractivity contribution in [3.63, 3.8) is 0 Å². The molecule has 0 aromatic heterocycles. The lowest BCUT2D eigenvalue weighted by molar-refractivity contribution is 0.314. The normalized spacial score (nSPS) is 25.3. The van der Waals surface area contributed by atoms with Crippen LogP contribution in [-0.4, -0.2) is 0 Å². The van der Waals surface area contributed by atoms with Gasteiger partial charge in [0.05, 0.1) is 0 Å². The third-order valence-corrected chi connectivity index (χ3v) is 3.61. The van der Waals surface area contributed by atoms with Crippen LogP contribution in [0.3, 0.4) is 0 Å². The Morgan fingerprint density at radius 1 is 1.31 bits per heavy atom. The lowest BCUT2D eigenvalue weighted by atomic mass is 9.74. The maximum atomic E-state index is 3.76. The van der Waals surface area contributed by atoms with E-state index in [1.807, 2.05) is 0 Å². The fraction of sp³-hybridized carbons (Fsp3) is 0.500. The molecule has 1 unspecified atom stereocenters. The van der Waals surface area contributed by atoms with Crippen LogP contribution in [0.25, 0.3) is 0 Å². The Morgan fingerprint density at radius 2 is 2.00 bits per heavy atom. The second kappa shape index (κ2) is 3.13. The van der Waals surface area contributed by atoms with Crippen LogP contribution in [0, 0.1) is 5.41 Å². The molecule has 2 rings (SSSR count). The van der Waals surface area contributed by atoms with Crippen molar-refractivity contribution in [2.75, 3.05) is 0 Å². The summed E-state index contributed by atoms with van der Waals surface area (Å²) < 4.78 is 0. The van der Waals surface area contributed by atoms with E-state index in [9.17, 15) is 0 Å². The predicted octanol–water partition coefficient (Wildman–Crippen LogP) is 4.10. The van der Waals surface area contributed by atoms with Crippen LogP contribution < -0.4 is 0 Å². The third-order valence-electron chi connectivity index (χ3n) is 2.79. The highest BCUT2D eigenvalue weighted by atomic mass is 79.9. The lowest BCUT2D eigenvalue weighted by Crippen LogP contribution is -2.23. The van der Waals surface area contributed by atoms with Gasteiger partial charge in [-0.1, -0.05) is 54.0 Å². The molecule has 0 spiro atoms. The topological polar surface area (TPSA) is 0 Å². The van der Waals surface area contributed by atoms with Crippen LogP contribution in [0.2, 0.25) is 0 Å². The molecule has 0 N–H and O–H groups in total. The minimum absolute atomic E-state index is 0.447. The Balaban J connectivity index is 2.43. The first-order valence-electron chi connectivity index (χ1n) is 4.80. The van der Waals surface area contributed by atoms with Gasteiger partial charge >= 0.3 is 0 Å². The summed E-state index contributed by atoms with van der Waals surface area (Å²) in [5, 5.41) is 0. The Bertz CT molecular complexity index is 315. The van der Waals surface area contributed by atoms with Crippen molar-refractivity contribution in [1.82, 2.24) is 0 Å². The number of benzene rings is 1. The first-order chi connectivity index (χ1) is 6.08. The maximum Gasteiger partial charge on any atom is 0.0403 e. The summed E-state index contributed by atoms with van der Waals surface area (Å²) in [6, 6.07) is 8.76. The fourth-order valence-electron chi connectivity index (χ4n) is 2.18. The van der Waals surface area contributed by atoms with Crippen molar-refractivity contribution in [2.24, 2.45) is 5.41 Å². The number of fused-ring (bicyclic) bond motifs is 1. The van der Waals surface area contributed by atoms with Crippen LogP contribution in [0.5, 0.6) is 0 Å². The van der Waals surface area contributed by atoms with Gasteiger partial charge in [0.2, 0.25) is 0 Å². The Kier molecular flexibility index (Phi) is 2.23. The molecule has 0 aliphatic heterocycles. The number of hydrogen-bond acceptors (Lipinski definition) is 0. The van der Waals surface area contributed by atoms with E-state index in [1.54, 1.807) is 0 Å². The highest BCUT2D eigenvalue weighted by Crippen LogP contribution is 2.44. The Hall–Kier alpha value is -0.300. The van der Waals surface area contributed by atoms with Crippen LogP contribution in [-0.2, 0) is 6.42 Å². The average molecular weight is 239 g/mol. The summed E-state index contributed by atoms with van der Waals surface area (Å²) in [5.74, 6) is 0. The predicted molar refractivity (Wildman–Crippen MR) is 60.2 cm³/mol. The van der Waals surface area contributed by atoms with E-state index < -0.39 is 0 Å². The summed E-state index contributed by atoms with van der Waals surface area (Å²) in [6.07, 6.45) is 2.45. The molecule has 0 fully saturated rings. The van der Waals surface area contributed by atoms with Gasteiger partial charge in [-0.15, -0.1) is 0 Å². The van der Waals surface area contributed by atoms with E-state index in [0.717, 1.165) is 0 Å². The van der Waals surface area contributed by atoms with Crippen LogP contribution in [0.4, 0.5) is 0 Å². The number of alkyl halides is 1. The van der Waals surface area contributed by atoms with Gasteiger partial charge in [0.15, 0.2) is 0 Å². The molecule has 1 aromatic rings. The molecule has 1 aromatic carbocycles. The first kappa shape index (κ1) is 9.26. The minimum atomic E-state index is 0.447. The smallest absolute Gasteiger partial charge is 0.0403 e. The van der Waals surface area contributed by atoms with Crippen LogP contribution in [0.1, 0.15) is 36.2 Å². The molecule has 0 bridgehead atoms. The van der Waals surface area contributed by atoms with Gasteiger partial charge in [-0.25, -0.2) is 0 Å². The molecule has 1 aliphatic carbocycles. The molecule has 0 heterocycles. The zero-order valence-corrected chi connectivity index (χ0v) is 9.76. The van der Waals surface area contributed by atoms with Crippen molar-refractivity contribution in [1.29, 1.82) is 0 Å². The van der Waals surface area contributed by atoms with E-state index in [2.05, 4.69) is 54.0 Å². The maximum absolute atomic E-state index is 3.76.